The highest BCUT2D eigenvalue weighted by molar-refractivity contribution is 6.11. The van der Waals surface area contributed by atoms with E-state index in [4.69, 9.17) is 14.2 Å². The van der Waals surface area contributed by atoms with Crippen LogP contribution in [0.15, 0.2) is 84.1 Å². The first kappa shape index (κ1) is 24.4. The summed E-state index contributed by atoms with van der Waals surface area (Å²) in [5.74, 6) is -0.628. The van der Waals surface area contributed by atoms with Crippen LogP contribution in [-0.2, 0) is 20.9 Å². The molecule has 2 N–H and O–H groups in total. The van der Waals surface area contributed by atoms with E-state index in [1.165, 1.54) is 7.11 Å². The minimum Gasteiger partial charge on any atom is -0.493 e. The second kappa shape index (κ2) is 10.4. The summed E-state index contributed by atoms with van der Waals surface area (Å²) in [5.41, 5.74) is 4.95. The lowest BCUT2D eigenvalue weighted by Gasteiger charge is -2.32. The van der Waals surface area contributed by atoms with E-state index in [0.717, 1.165) is 28.2 Å². The number of benzene rings is 3. The number of ketones is 1. The van der Waals surface area contributed by atoms with Crippen molar-refractivity contribution in [3.05, 3.63) is 95.2 Å². The first-order valence-electron chi connectivity index (χ1n) is 12.3. The second-order valence-electron chi connectivity index (χ2n) is 9.37. The zero-order valence-corrected chi connectivity index (χ0v) is 21.1. The summed E-state index contributed by atoms with van der Waals surface area (Å²) in [6.45, 7) is 2.31. The number of ether oxygens (including phenoxy) is 3. The monoisotopic (exact) mass is 498 g/mol. The molecule has 7 heteroatoms. The molecule has 3 aromatic carbocycles. The summed E-state index contributed by atoms with van der Waals surface area (Å²) in [6.07, 6.45) is 0.544. The number of para-hydroxylation sites is 2. The van der Waals surface area contributed by atoms with Gasteiger partial charge in [0, 0.05) is 11.3 Å². The van der Waals surface area contributed by atoms with Crippen molar-refractivity contribution in [3.63, 3.8) is 0 Å². The van der Waals surface area contributed by atoms with Crippen LogP contribution in [0, 0.1) is 11.8 Å². The zero-order valence-electron chi connectivity index (χ0n) is 21.1. The number of allylic oxidation sites excluding steroid dienone is 1. The molecule has 3 atom stereocenters. The van der Waals surface area contributed by atoms with Gasteiger partial charge < -0.3 is 24.8 Å². The quantitative estimate of drug-likeness (QED) is 0.343. The molecule has 7 nitrogen and oxygen atoms in total. The number of carbonyl (C=O) groups is 2. The third-order valence-electron chi connectivity index (χ3n) is 6.98. The Kier molecular flexibility index (Phi) is 6.86. The van der Waals surface area contributed by atoms with Crippen LogP contribution >= 0.6 is 0 Å². The predicted molar refractivity (Wildman–Crippen MR) is 142 cm³/mol. The van der Waals surface area contributed by atoms with Crippen LogP contribution < -0.4 is 20.1 Å². The summed E-state index contributed by atoms with van der Waals surface area (Å²) in [6, 6.07) is 22.9. The second-order valence-corrected chi connectivity index (χ2v) is 9.37. The highest BCUT2D eigenvalue weighted by Crippen LogP contribution is 2.45. The summed E-state index contributed by atoms with van der Waals surface area (Å²) < 4.78 is 16.7. The molecular weight excluding hydrogens is 468 g/mol. The molecule has 37 heavy (non-hydrogen) atoms. The molecule has 1 aliphatic heterocycles. The Morgan fingerprint density at radius 2 is 1.68 bits per heavy atom. The van der Waals surface area contributed by atoms with Crippen molar-refractivity contribution in [1.82, 2.24) is 0 Å². The van der Waals surface area contributed by atoms with Crippen molar-refractivity contribution >= 4 is 23.1 Å². The smallest absolute Gasteiger partial charge is 0.316 e. The van der Waals surface area contributed by atoms with Gasteiger partial charge in [-0.2, -0.15) is 0 Å². The van der Waals surface area contributed by atoms with Crippen LogP contribution in [0.1, 0.15) is 30.5 Å². The first-order valence-corrected chi connectivity index (χ1v) is 12.3. The number of nitrogens with one attached hydrogen (secondary N) is 2. The normalized spacial score (nSPS) is 20.5. The fourth-order valence-electron chi connectivity index (χ4n) is 5.10. The van der Waals surface area contributed by atoms with E-state index in [-0.39, 0.29) is 11.7 Å². The molecule has 0 saturated carbocycles. The van der Waals surface area contributed by atoms with Crippen molar-refractivity contribution in [1.29, 1.82) is 0 Å². The predicted octanol–water partition coefficient (Wildman–Crippen LogP) is 5.51. The maximum atomic E-state index is 13.8. The maximum absolute atomic E-state index is 13.8. The van der Waals surface area contributed by atoms with E-state index in [1.54, 1.807) is 7.11 Å². The molecule has 0 spiro atoms. The van der Waals surface area contributed by atoms with Crippen LogP contribution in [0.2, 0.25) is 0 Å². The van der Waals surface area contributed by atoms with Crippen molar-refractivity contribution in [3.8, 4) is 11.5 Å². The number of carbonyl (C=O) groups excluding carboxylic acids is 2. The lowest BCUT2D eigenvalue weighted by atomic mass is 9.75. The molecule has 0 bridgehead atoms. The molecule has 2 aliphatic rings. The van der Waals surface area contributed by atoms with Gasteiger partial charge in [0.15, 0.2) is 17.3 Å². The number of rotatable bonds is 6. The van der Waals surface area contributed by atoms with E-state index < -0.39 is 17.9 Å². The molecular formula is C30H30N2O5. The summed E-state index contributed by atoms with van der Waals surface area (Å²) in [4.78, 5) is 26.4. The molecule has 3 aromatic rings. The SMILES string of the molecule is COC(=O)[C@H]1C(=O)C2=C(C[C@H]1C)Nc1ccccc1N[C@@H]2c1ccc(OCc2ccccc2)c(OC)c1. The molecule has 5 rings (SSSR count). The standard InChI is InChI=1S/C30H30N2O5/c1-18-15-23-27(29(33)26(18)30(34)36-3)28(32-22-12-8-7-11-21(22)31-23)20-13-14-24(25(16-20)35-2)37-17-19-9-5-4-6-10-19/h4-14,16,18,26,28,31-32H,15,17H2,1-3H3/t18-,26-,28-/m1/s1. The number of Topliss-reactive ketones (excluding diaryl/α,β-unsaturated/α-hetero) is 1. The molecule has 1 heterocycles. The molecule has 0 amide bonds. The molecule has 190 valence electrons. The topological polar surface area (TPSA) is 85.9 Å². The Morgan fingerprint density at radius 1 is 0.946 bits per heavy atom. The van der Waals surface area contributed by atoms with Crippen molar-refractivity contribution in [2.24, 2.45) is 11.8 Å². The van der Waals surface area contributed by atoms with Crippen LogP contribution in [0.4, 0.5) is 11.4 Å². The van der Waals surface area contributed by atoms with E-state index in [0.29, 0.717) is 30.1 Å². The Labute approximate surface area is 216 Å². The van der Waals surface area contributed by atoms with Crippen molar-refractivity contribution in [2.45, 2.75) is 26.0 Å². The lowest BCUT2D eigenvalue weighted by molar-refractivity contribution is -0.151. The van der Waals surface area contributed by atoms with Crippen LogP contribution in [-0.4, -0.2) is 26.0 Å². The van der Waals surface area contributed by atoms with Crippen LogP contribution in [0.3, 0.4) is 0 Å². The number of methoxy groups -OCH3 is 2. The molecule has 0 radical (unpaired) electrons. The van der Waals surface area contributed by atoms with E-state index in [1.807, 2.05) is 79.7 Å². The van der Waals surface area contributed by atoms with E-state index in [9.17, 15) is 9.59 Å². The Bertz CT molecular complexity index is 1350. The van der Waals surface area contributed by atoms with Crippen molar-refractivity contribution < 1.29 is 23.8 Å². The number of esters is 1. The number of hydrogen-bond donors (Lipinski definition) is 2. The molecule has 1 aliphatic carbocycles. The zero-order chi connectivity index (χ0) is 25.9. The molecule has 0 unspecified atom stereocenters. The van der Waals surface area contributed by atoms with Gasteiger partial charge >= 0.3 is 5.97 Å². The Hall–Kier alpha value is -4.26. The number of anilines is 2. The van der Waals surface area contributed by atoms with E-state index >= 15 is 0 Å². The van der Waals surface area contributed by atoms with E-state index in [2.05, 4.69) is 10.6 Å². The third-order valence-corrected chi connectivity index (χ3v) is 6.98. The fourth-order valence-corrected chi connectivity index (χ4v) is 5.10. The van der Waals surface area contributed by atoms with Gasteiger partial charge in [0.1, 0.15) is 12.5 Å². The third kappa shape index (κ3) is 4.77. The number of fused-ring (bicyclic) bond motifs is 1. The largest absolute Gasteiger partial charge is 0.493 e. The average Bonchev–Trinajstić information content (AvgIpc) is 3.09. The minimum absolute atomic E-state index is 0.194. The van der Waals surface area contributed by atoms with Crippen molar-refractivity contribution in [2.75, 3.05) is 24.9 Å². The fraction of sp³-hybridized carbons (Fsp3) is 0.267. The average molecular weight is 499 g/mol. The Balaban J connectivity index is 1.54. The Morgan fingerprint density at radius 3 is 2.41 bits per heavy atom. The first-order chi connectivity index (χ1) is 18.0. The van der Waals surface area contributed by atoms with Gasteiger partial charge in [-0.05, 0) is 47.7 Å². The summed E-state index contributed by atoms with van der Waals surface area (Å²) >= 11 is 0. The van der Waals surface area contributed by atoms with Gasteiger partial charge in [0.05, 0.1) is 31.6 Å². The summed E-state index contributed by atoms with van der Waals surface area (Å²) in [7, 11) is 2.92. The van der Waals surface area contributed by atoms with Gasteiger partial charge in [-0.3, -0.25) is 9.59 Å². The van der Waals surface area contributed by atoms with Crippen LogP contribution in [0.25, 0.3) is 0 Å². The minimum atomic E-state index is -0.855. The molecule has 0 saturated heterocycles. The van der Waals surface area contributed by atoms with Gasteiger partial charge in [-0.1, -0.05) is 55.5 Å². The van der Waals surface area contributed by atoms with Crippen LogP contribution in [0.5, 0.6) is 11.5 Å². The van der Waals surface area contributed by atoms with Gasteiger partial charge in [-0.15, -0.1) is 0 Å². The highest BCUT2D eigenvalue weighted by atomic mass is 16.5. The van der Waals surface area contributed by atoms with Gasteiger partial charge in [0.25, 0.3) is 0 Å². The lowest BCUT2D eigenvalue weighted by Crippen LogP contribution is -2.39. The highest BCUT2D eigenvalue weighted by Gasteiger charge is 2.44. The number of hydrogen-bond acceptors (Lipinski definition) is 7. The summed E-state index contributed by atoms with van der Waals surface area (Å²) in [5, 5.41) is 7.00. The molecule has 0 fully saturated rings. The maximum Gasteiger partial charge on any atom is 0.316 e. The molecule has 0 aromatic heterocycles. The van der Waals surface area contributed by atoms with Gasteiger partial charge in [-0.25, -0.2) is 0 Å². The van der Waals surface area contributed by atoms with Gasteiger partial charge in [0.2, 0.25) is 0 Å².